The molecule has 5 aliphatic rings. The molecule has 66 heavy (non-hydrogen) atoms. The molecule has 0 radical (unpaired) electrons. The van der Waals surface area contributed by atoms with Gasteiger partial charge in [-0.3, -0.25) is 9.59 Å². The fourth-order valence-electron chi connectivity index (χ4n) is 8.74. The van der Waals surface area contributed by atoms with E-state index in [0.717, 1.165) is 63.6 Å². The molecular weight excluding hydrogens is 855 g/mol. The number of rotatable bonds is 8. The van der Waals surface area contributed by atoms with Crippen LogP contribution in [-0.2, 0) is 17.8 Å². The van der Waals surface area contributed by atoms with Gasteiger partial charge in [0.2, 0.25) is 0 Å². The maximum absolute atomic E-state index is 14.4. The third-order valence-electron chi connectivity index (χ3n) is 12.0. The van der Waals surface area contributed by atoms with Crippen LogP contribution in [0.15, 0.2) is 85.2 Å². The van der Waals surface area contributed by atoms with E-state index in [0.29, 0.717) is 50.9 Å². The van der Waals surface area contributed by atoms with E-state index >= 15 is 0 Å². The molecule has 11 rings (SSSR count). The Morgan fingerprint density at radius 1 is 0.682 bits per heavy atom. The van der Waals surface area contributed by atoms with Crippen molar-refractivity contribution in [1.82, 2.24) is 30.6 Å². The van der Waals surface area contributed by atoms with Gasteiger partial charge in [0.05, 0.1) is 112 Å². The average molecular weight is 902 g/mol. The Morgan fingerprint density at radius 2 is 1.15 bits per heavy atom. The number of anilines is 6. The summed E-state index contributed by atoms with van der Waals surface area (Å²) >= 11 is 0. The van der Waals surface area contributed by atoms with Crippen LogP contribution in [0.3, 0.4) is 0 Å². The van der Waals surface area contributed by atoms with Crippen LogP contribution in [0.4, 0.5) is 51.9 Å². The molecule has 9 heterocycles. The number of ether oxygens (including phenoxy) is 1. The molecule has 0 bridgehead atoms. The topological polar surface area (TPSA) is 176 Å². The second kappa shape index (κ2) is 18.4. The number of nitrogens with two attached hydrogens (primary N) is 1. The minimum absolute atomic E-state index is 0.109. The highest BCUT2D eigenvalue weighted by atomic mass is 19.1. The Kier molecular flexibility index (Phi) is 12.3. The third kappa shape index (κ3) is 8.68. The summed E-state index contributed by atoms with van der Waals surface area (Å²) in [4.78, 5) is 46.8. The molecule has 18 heteroatoms. The van der Waals surface area contributed by atoms with Crippen molar-refractivity contribution in [3.8, 4) is 22.5 Å². The molecule has 0 saturated carbocycles. The zero-order chi connectivity index (χ0) is 46.1. The van der Waals surface area contributed by atoms with E-state index in [2.05, 4.69) is 51.0 Å². The number of piperidine rings is 1. The summed E-state index contributed by atoms with van der Waals surface area (Å²) in [6, 6.07) is 17.9. The molecule has 4 aromatic heterocycles. The first-order valence-electron chi connectivity index (χ1n) is 21.8. The van der Waals surface area contributed by atoms with E-state index in [1.54, 1.807) is 18.5 Å². The van der Waals surface area contributed by atoms with Gasteiger partial charge in [-0.05, 0) is 73.5 Å². The summed E-state index contributed by atoms with van der Waals surface area (Å²) in [6.07, 6.45) is 5.57. The summed E-state index contributed by atoms with van der Waals surface area (Å²) in [5.74, 6) is -2.44. The summed E-state index contributed by atoms with van der Waals surface area (Å²) in [5, 5.41) is 11.7. The number of carbonyl (C=O) groups is 2. The zero-order valence-electron chi connectivity index (χ0n) is 36.2. The quantitative estimate of drug-likeness (QED) is 0.0948. The van der Waals surface area contributed by atoms with Gasteiger partial charge in [0.1, 0.15) is 34.9 Å². The Labute approximate surface area is 378 Å². The molecule has 6 N–H and O–H groups in total. The molecule has 2 amide bonds. The number of fused-ring (bicyclic) bond motifs is 2. The smallest absolute Gasteiger partial charge is 0.255 e. The van der Waals surface area contributed by atoms with Gasteiger partial charge >= 0.3 is 0 Å². The standard InChI is InChI=1S/C23H22F2N6O.C23H19F2N5O2.C2H6/c24-15-4-1-5-16(25)21(15)17-9-18(22-19(29-17)11-28-23(22)32)30-20-7-6-14(10-27-20)31-8-2-3-13(26)12-31;24-14-2-1-3-15(25)20(14)16-6-17(21-18(28-16)8-27-22(21)31)29-19-5-4-13(7-26-19)30-9-23(10-30)11-32-12-23;1-2/h1,4-7,9-10,13H,2-3,8,11-12,26H2,(H,28,32)(H,27,29,30);1-7H,8-12H2,(H,27,31)(H,26,28,29);1-2H3. The van der Waals surface area contributed by atoms with Gasteiger partial charge in [-0.1, -0.05) is 26.0 Å². The summed E-state index contributed by atoms with van der Waals surface area (Å²) in [5.41, 5.74) is 10.5. The highest BCUT2D eigenvalue weighted by Gasteiger charge is 2.49. The Hall–Kier alpha value is -7.18. The van der Waals surface area contributed by atoms with Gasteiger partial charge in [-0.25, -0.2) is 37.5 Å². The lowest BCUT2D eigenvalue weighted by molar-refractivity contribution is -0.127. The summed E-state index contributed by atoms with van der Waals surface area (Å²) in [7, 11) is 0. The molecule has 3 saturated heterocycles. The number of aromatic nitrogens is 4. The van der Waals surface area contributed by atoms with E-state index in [9.17, 15) is 27.2 Å². The Bertz CT molecular complexity index is 2760. The monoisotopic (exact) mass is 901 g/mol. The van der Waals surface area contributed by atoms with Crippen molar-refractivity contribution in [1.29, 1.82) is 0 Å². The lowest BCUT2D eigenvalue weighted by Gasteiger charge is -2.55. The minimum Gasteiger partial charge on any atom is -0.380 e. The fraction of sp³-hybridized carbons (Fsp3) is 0.292. The maximum Gasteiger partial charge on any atom is 0.255 e. The van der Waals surface area contributed by atoms with E-state index in [4.69, 9.17) is 10.5 Å². The van der Waals surface area contributed by atoms with E-state index in [1.165, 1.54) is 48.5 Å². The van der Waals surface area contributed by atoms with Gasteiger partial charge in [0, 0.05) is 32.2 Å². The fourth-order valence-corrected chi connectivity index (χ4v) is 8.74. The molecular formula is C48H47F4N11O3. The lowest BCUT2D eigenvalue weighted by atomic mass is 9.78. The highest BCUT2D eigenvalue weighted by Crippen LogP contribution is 2.41. The van der Waals surface area contributed by atoms with E-state index < -0.39 is 23.3 Å². The van der Waals surface area contributed by atoms with Crippen LogP contribution in [0.5, 0.6) is 0 Å². The molecule has 0 aliphatic carbocycles. The number of benzene rings is 2. The maximum atomic E-state index is 14.4. The Morgan fingerprint density at radius 3 is 1.56 bits per heavy atom. The normalized spacial score (nSPS) is 17.5. The first-order chi connectivity index (χ1) is 32.0. The number of nitrogens with one attached hydrogen (secondary N) is 4. The molecule has 2 aromatic carbocycles. The van der Waals surface area contributed by atoms with Crippen molar-refractivity contribution >= 4 is 46.2 Å². The molecule has 340 valence electrons. The first-order valence-corrected chi connectivity index (χ1v) is 21.8. The van der Waals surface area contributed by atoms with E-state index in [-0.39, 0.29) is 53.5 Å². The Balaban J connectivity index is 0.000000160. The molecule has 1 spiro atoms. The van der Waals surface area contributed by atoms with Crippen LogP contribution in [0, 0.1) is 28.7 Å². The highest BCUT2D eigenvalue weighted by molar-refractivity contribution is 6.05. The minimum atomic E-state index is -0.720. The van der Waals surface area contributed by atoms with Crippen LogP contribution in [-0.4, -0.2) is 77.2 Å². The van der Waals surface area contributed by atoms with Gasteiger partial charge < -0.3 is 41.5 Å². The van der Waals surface area contributed by atoms with Crippen LogP contribution in [0.25, 0.3) is 22.5 Å². The van der Waals surface area contributed by atoms with E-state index in [1.807, 2.05) is 32.0 Å². The van der Waals surface area contributed by atoms with Crippen LogP contribution >= 0.6 is 0 Å². The molecule has 1 unspecified atom stereocenters. The largest absolute Gasteiger partial charge is 0.380 e. The summed E-state index contributed by atoms with van der Waals surface area (Å²) < 4.78 is 62.8. The molecule has 6 aromatic rings. The third-order valence-corrected chi connectivity index (χ3v) is 12.0. The van der Waals surface area contributed by atoms with Gasteiger partial charge in [-0.2, -0.15) is 0 Å². The van der Waals surface area contributed by atoms with Crippen molar-refractivity contribution in [2.45, 2.75) is 45.8 Å². The predicted molar refractivity (Wildman–Crippen MR) is 243 cm³/mol. The number of nitrogens with zero attached hydrogens (tertiary/aromatic N) is 6. The second-order valence-corrected chi connectivity index (χ2v) is 16.6. The summed E-state index contributed by atoms with van der Waals surface area (Å²) in [6.45, 7) is 9.64. The number of pyridine rings is 4. The van der Waals surface area contributed by atoms with Crippen molar-refractivity contribution in [3.05, 3.63) is 131 Å². The number of amides is 2. The van der Waals surface area contributed by atoms with Crippen molar-refractivity contribution in [2.75, 3.05) is 59.8 Å². The molecule has 1 atom stereocenters. The lowest BCUT2D eigenvalue weighted by Crippen LogP contribution is -2.66. The van der Waals surface area contributed by atoms with Crippen LogP contribution in [0.1, 0.15) is 58.8 Å². The molecule has 5 aliphatic heterocycles. The molecule has 3 fully saturated rings. The van der Waals surface area contributed by atoms with Crippen LogP contribution < -0.4 is 36.8 Å². The number of hydrogen-bond acceptors (Lipinski definition) is 12. The number of halogens is 4. The second-order valence-electron chi connectivity index (χ2n) is 16.6. The van der Waals surface area contributed by atoms with Crippen molar-refractivity contribution in [2.24, 2.45) is 11.1 Å². The zero-order valence-corrected chi connectivity index (χ0v) is 36.2. The SMILES string of the molecule is CC.NC1CCCN(c2ccc(Nc3cc(-c4c(F)cccc4F)nc4c3C(=O)NC4)nc2)C1.O=C1NCc2nc(-c3c(F)cccc3F)cc(Nc3ccc(N4CC5(COC5)C4)cn3)c21. The average Bonchev–Trinajstić information content (AvgIpc) is 3.86. The number of carbonyl (C=O) groups excluding carboxylic acids is 2. The van der Waals surface area contributed by atoms with Gasteiger partial charge in [0.15, 0.2) is 0 Å². The molecule has 14 nitrogen and oxygen atoms in total. The van der Waals surface area contributed by atoms with Gasteiger partial charge in [-0.15, -0.1) is 0 Å². The van der Waals surface area contributed by atoms with Crippen LogP contribution in [0.2, 0.25) is 0 Å². The predicted octanol–water partition coefficient (Wildman–Crippen LogP) is 7.61. The van der Waals surface area contributed by atoms with Gasteiger partial charge in [0.25, 0.3) is 11.8 Å². The van der Waals surface area contributed by atoms with Crippen molar-refractivity contribution < 1.29 is 31.9 Å². The van der Waals surface area contributed by atoms with Crippen molar-refractivity contribution in [3.63, 3.8) is 0 Å². The number of hydrogen-bond donors (Lipinski definition) is 5. The first kappa shape index (κ1) is 44.0.